The van der Waals surface area contributed by atoms with Gasteiger partial charge in [0.25, 0.3) is 0 Å². The molecular weight excluding hydrogens is 559 g/mol. The number of anilines is 4. The lowest BCUT2D eigenvalue weighted by molar-refractivity contribution is 0.282. The summed E-state index contributed by atoms with van der Waals surface area (Å²) in [5, 5.41) is 22.4. The maximum atomic E-state index is 13.7. The van der Waals surface area contributed by atoms with Gasteiger partial charge >= 0.3 is 0 Å². The SMILES string of the molecule is CN(c1cc(Br)c2ncc(C#N)c(Nc3ccc(F)c(Cl)c3)c2c1)c1cn(CCC2CCCN2C)nn1. The number of aryl methyl sites for hydroxylation is 1. The lowest BCUT2D eigenvalue weighted by atomic mass is 10.1. The molecule has 1 aliphatic rings. The largest absolute Gasteiger partial charge is 0.354 e. The number of nitrogens with zero attached hydrogens (tertiary/aromatic N) is 7. The Morgan fingerprint density at radius 1 is 1.32 bits per heavy atom. The van der Waals surface area contributed by atoms with Gasteiger partial charge < -0.3 is 15.1 Å². The van der Waals surface area contributed by atoms with E-state index in [1.54, 1.807) is 6.07 Å². The van der Waals surface area contributed by atoms with E-state index in [9.17, 15) is 9.65 Å². The van der Waals surface area contributed by atoms with Crippen LogP contribution in [0.3, 0.4) is 0 Å². The molecule has 0 spiro atoms. The highest BCUT2D eigenvalue weighted by atomic mass is 79.9. The number of pyridine rings is 1. The molecule has 0 bridgehead atoms. The van der Waals surface area contributed by atoms with Crippen molar-refractivity contribution in [1.82, 2.24) is 24.9 Å². The average molecular weight is 584 g/mol. The number of benzene rings is 2. The Kier molecular flexibility index (Phi) is 7.29. The Hall–Kier alpha value is -3.26. The first-order valence-corrected chi connectivity index (χ1v) is 13.1. The van der Waals surface area contributed by atoms with Gasteiger partial charge in [-0.2, -0.15) is 5.26 Å². The lowest BCUT2D eigenvalue weighted by Gasteiger charge is -2.19. The highest BCUT2D eigenvalue weighted by Crippen LogP contribution is 2.37. The van der Waals surface area contributed by atoms with Crippen LogP contribution in [0.5, 0.6) is 0 Å². The number of halogens is 3. The molecule has 8 nitrogen and oxygen atoms in total. The summed E-state index contributed by atoms with van der Waals surface area (Å²) in [6.45, 7) is 1.96. The van der Waals surface area contributed by atoms with Crippen molar-refractivity contribution in [2.24, 2.45) is 0 Å². The van der Waals surface area contributed by atoms with E-state index < -0.39 is 5.82 Å². The zero-order chi connectivity index (χ0) is 26.1. The third kappa shape index (κ3) is 5.25. The van der Waals surface area contributed by atoms with Crippen molar-refractivity contribution < 1.29 is 4.39 Å². The van der Waals surface area contributed by atoms with Gasteiger partial charge in [-0.3, -0.25) is 9.67 Å². The monoisotopic (exact) mass is 582 g/mol. The molecule has 1 fully saturated rings. The number of likely N-dealkylation sites (tertiary alicyclic amines) is 1. The highest BCUT2D eigenvalue weighted by Gasteiger charge is 2.21. The van der Waals surface area contributed by atoms with Crippen LogP contribution in [0.1, 0.15) is 24.8 Å². The van der Waals surface area contributed by atoms with E-state index >= 15 is 0 Å². The van der Waals surface area contributed by atoms with Crippen LogP contribution >= 0.6 is 27.5 Å². The predicted octanol–water partition coefficient (Wildman–Crippen LogP) is 6.25. The van der Waals surface area contributed by atoms with Crippen LogP contribution in [0, 0.1) is 17.1 Å². The summed E-state index contributed by atoms with van der Waals surface area (Å²) in [4.78, 5) is 8.83. The maximum Gasteiger partial charge on any atom is 0.175 e. The topological polar surface area (TPSA) is 85.9 Å². The van der Waals surface area contributed by atoms with Gasteiger partial charge in [0.15, 0.2) is 5.82 Å². The fourth-order valence-electron chi connectivity index (χ4n) is 4.69. The fourth-order valence-corrected chi connectivity index (χ4v) is 5.42. The Labute approximate surface area is 227 Å². The molecule has 0 amide bonds. The van der Waals surface area contributed by atoms with Crippen LogP contribution in [0.15, 0.2) is 47.2 Å². The van der Waals surface area contributed by atoms with Gasteiger partial charge in [0.2, 0.25) is 0 Å². The normalized spacial score (nSPS) is 15.7. The minimum absolute atomic E-state index is 0.00821. The minimum Gasteiger partial charge on any atom is -0.354 e. The van der Waals surface area contributed by atoms with Crippen LogP contribution in [-0.2, 0) is 6.54 Å². The van der Waals surface area contributed by atoms with E-state index in [0.717, 1.165) is 29.7 Å². The summed E-state index contributed by atoms with van der Waals surface area (Å²) >= 11 is 9.61. The first-order valence-electron chi connectivity index (χ1n) is 11.9. The van der Waals surface area contributed by atoms with E-state index in [1.807, 2.05) is 35.0 Å². The first kappa shape index (κ1) is 25.4. The molecule has 1 saturated heterocycles. The smallest absolute Gasteiger partial charge is 0.175 e. The second kappa shape index (κ2) is 10.6. The molecular formula is C26H25BrClFN8. The van der Waals surface area contributed by atoms with Gasteiger partial charge in [-0.25, -0.2) is 4.39 Å². The summed E-state index contributed by atoms with van der Waals surface area (Å²) in [5.74, 6) is 0.192. The number of hydrogen-bond donors (Lipinski definition) is 1. The van der Waals surface area contributed by atoms with Crippen molar-refractivity contribution in [3.63, 3.8) is 0 Å². The second-order valence-corrected chi connectivity index (χ2v) is 10.5. The number of nitriles is 1. The van der Waals surface area contributed by atoms with Crippen molar-refractivity contribution in [3.8, 4) is 6.07 Å². The Morgan fingerprint density at radius 2 is 2.16 bits per heavy atom. The molecule has 3 heterocycles. The summed E-state index contributed by atoms with van der Waals surface area (Å²) in [6, 6.07) is 11.0. The van der Waals surface area contributed by atoms with Gasteiger partial charge in [0, 0.05) is 47.1 Å². The number of hydrogen-bond acceptors (Lipinski definition) is 7. The average Bonchev–Trinajstić information content (AvgIpc) is 3.53. The van der Waals surface area contributed by atoms with E-state index in [-0.39, 0.29) is 5.02 Å². The first-order chi connectivity index (χ1) is 17.8. The van der Waals surface area contributed by atoms with Crippen molar-refractivity contribution in [2.75, 3.05) is 30.9 Å². The van der Waals surface area contributed by atoms with Crippen molar-refractivity contribution in [2.45, 2.75) is 31.8 Å². The van der Waals surface area contributed by atoms with Gasteiger partial charge in [-0.15, -0.1) is 5.10 Å². The van der Waals surface area contributed by atoms with E-state index in [1.165, 1.54) is 31.2 Å². The van der Waals surface area contributed by atoms with E-state index in [2.05, 4.69) is 54.6 Å². The summed E-state index contributed by atoms with van der Waals surface area (Å²) < 4.78 is 16.3. The Bertz CT molecular complexity index is 1500. The third-order valence-electron chi connectivity index (χ3n) is 6.84. The molecule has 2 aromatic carbocycles. The molecule has 190 valence electrons. The molecule has 1 atom stereocenters. The summed E-state index contributed by atoms with van der Waals surface area (Å²) in [6.07, 6.45) is 6.96. The van der Waals surface area contributed by atoms with Crippen molar-refractivity contribution in [1.29, 1.82) is 5.26 Å². The molecule has 1 aliphatic heterocycles. The quantitative estimate of drug-likeness (QED) is 0.275. The van der Waals surface area contributed by atoms with Crippen LogP contribution in [0.25, 0.3) is 10.9 Å². The van der Waals surface area contributed by atoms with Crippen molar-refractivity contribution in [3.05, 3.63) is 63.6 Å². The number of nitrogens with one attached hydrogen (secondary N) is 1. The number of fused-ring (bicyclic) bond motifs is 1. The third-order valence-corrected chi connectivity index (χ3v) is 7.73. The van der Waals surface area contributed by atoms with Gasteiger partial charge in [0.05, 0.1) is 28.0 Å². The predicted molar refractivity (Wildman–Crippen MR) is 147 cm³/mol. The standard InChI is InChI=1S/C26H25BrClFN8/c1-35-8-3-4-18(35)7-9-37-15-24(33-34-37)36(2)19-11-20-25(32-17-5-6-23(29)22(28)10-17)16(13-30)14-31-26(20)21(27)12-19/h5-6,10-12,14-15,18H,3-4,7-9H2,1-2H3,(H,31,32). The molecule has 0 aliphatic carbocycles. The molecule has 1 unspecified atom stereocenters. The maximum absolute atomic E-state index is 13.7. The van der Waals surface area contributed by atoms with E-state index in [0.29, 0.717) is 39.7 Å². The van der Waals surface area contributed by atoms with Crippen molar-refractivity contribution >= 4 is 61.3 Å². The molecule has 11 heteroatoms. The van der Waals surface area contributed by atoms with Crippen LogP contribution in [-0.4, -0.2) is 51.6 Å². The Balaban J connectivity index is 1.46. The van der Waals surface area contributed by atoms with Gasteiger partial charge in [-0.05, 0) is 79.1 Å². The minimum atomic E-state index is -0.512. The highest BCUT2D eigenvalue weighted by molar-refractivity contribution is 9.10. The molecule has 2 aromatic heterocycles. The molecule has 37 heavy (non-hydrogen) atoms. The molecule has 1 N–H and O–H groups in total. The van der Waals surface area contributed by atoms with Crippen LogP contribution in [0.4, 0.5) is 27.3 Å². The second-order valence-electron chi connectivity index (χ2n) is 9.20. The lowest BCUT2D eigenvalue weighted by Crippen LogP contribution is -2.26. The van der Waals surface area contributed by atoms with Gasteiger partial charge in [0.1, 0.15) is 11.9 Å². The molecule has 5 rings (SSSR count). The van der Waals surface area contributed by atoms with Crippen LogP contribution < -0.4 is 10.2 Å². The number of aromatic nitrogens is 4. The molecule has 0 radical (unpaired) electrons. The summed E-state index contributed by atoms with van der Waals surface area (Å²) in [7, 11) is 4.09. The fraction of sp³-hybridized carbons (Fsp3) is 0.308. The molecule has 0 saturated carbocycles. The Morgan fingerprint density at radius 3 is 2.89 bits per heavy atom. The zero-order valence-corrected chi connectivity index (χ0v) is 22.8. The van der Waals surface area contributed by atoms with Crippen LogP contribution in [0.2, 0.25) is 5.02 Å². The number of rotatable bonds is 7. The van der Waals surface area contributed by atoms with Gasteiger partial charge in [-0.1, -0.05) is 16.8 Å². The molecule has 4 aromatic rings. The van der Waals surface area contributed by atoms with E-state index in [4.69, 9.17) is 11.6 Å². The zero-order valence-electron chi connectivity index (χ0n) is 20.4. The summed E-state index contributed by atoms with van der Waals surface area (Å²) in [5.41, 5.74) is 2.97.